The highest BCUT2D eigenvalue weighted by Crippen LogP contribution is 2.12. The Morgan fingerprint density at radius 2 is 1.86 bits per heavy atom. The van der Waals surface area contributed by atoms with Crippen LogP contribution < -0.4 is 10.2 Å². The van der Waals surface area contributed by atoms with Crippen LogP contribution in [0.1, 0.15) is 18.1 Å². The summed E-state index contributed by atoms with van der Waals surface area (Å²) in [5.74, 6) is 0.346. The lowest BCUT2D eigenvalue weighted by atomic mass is 10.2. The first-order valence-electron chi connectivity index (χ1n) is 6.96. The van der Waals surface area contributed by atoms with E-state index < -0.39 is 0 Å². The molecule has 114 valence electrons. The molecular formula is C17H17ClN2O2. The number of rotatable bonds is 6. The van der Waals surface area contributed by atoms with Crippen molar-refractivity contribution in [1.82, 2.24) is 5.43 Å². The predicted octanol–water partition coefficient (Wildman–Crippen LogP) is 3.43. The molecule has 0 aliphatic heterocycles. The largest absolute Gasteiger partial charge is 0.484 e. The monoisotopic (exact) mass is 316 g/mol. The maximum atomic E-state index is 11.6. The molecule has 0 aliphatic carbocycles. The molecule has 0 atom stereocenters. The molecule has 0 aromatic heterocycles. The Labute approximate surface area is 134 Å². The minimum absolute atomic E-state index is 0.0799. The van der Waals surface area contributed by atoms with Gasteiger partial charge in [0.25, 0.3) is 5.91 Å². The summed E-state index contributed by atoms with van der Waals surface area (Å²) < 4.78 is 5.38. The fourth-order valence-electron chi connectivity index (χ4n) is 1.73. The Morgan fingerprint density at radius 1 is 1.18 bits per heavy atom. The molecule has 4 nitrogen and oxygen atoms in total. The summed E-state index contributed by atoms with van der Waals surface area (Å²) in [6, 6.07) is 14.8. The highest BCUT2D eigenvalue weighted by Gasteiger charge is 2.01. The van der Waals surface area contributed by atoms with E-state index >= 15 is 0 Å². The number of carbonyl (C=O) groups excluding carboxylic acids is 1. The molecule has 0 radical (unpaired) electrons. The van der Waals surface area contributed by atoms with Gasteiger partial charge in [0.2, 0.25) is 0 Å². The van der Waals surface area contributed by atoms with Gasteiger partial charge in [-0.2, -0.15) is 5.10 Å². The number of carbonyl (C=O) groups is 1. The van der Waals surface area contributed by atoms with Crippen molar-refractivity contribution in [2.75, 3.05) is 6.61 Å². The molecule has 0 unspecified atom stereocenters. The zero-order valence-electron chi connectivity index (χ0n) is 12.3. The molecule has 22 heavy (non-hydrogen) atoms. The van der Waals surface area contributed by atoms with Gasteiger partial charge in [-0.25, -0.2) is 5.43 Å². The Balaban J connectivity index is 1.76. The first kappa shape index (κ1) is 16.0. The Morgan fingerprint density at radius 3 is 2.50 bits per heavy atom. The van der Waals surface area contributed by atoms with E-state index in [9.17, 15) is 4.79 Å². The number of aryl methyl sites for hydroxylation is 1. The molecule has 0 bridgehead atoms. The zero-order chi connectivity index (χ0) is 15.8. The minimum Gasteiger partial charge on any atom is -0.484 e. The number of amides is 1. The highest BCUT2D eigenvalue weighted by molar-refractivity contribution is 6.30. The molecule has 0 aliphatic rings. The van der Waals surface area contributed by atoms with Crippen LogP contribution in [-0.2, 0) is 11.2 Å². The first-order valence-corrected chi connectivity index (χ1v) is 7.34. The molecule has 1 N–H and O–H groups in total. The van der Waals surface area contributed by atoms with Gasteiger partial charge in [0.05, 0.1) is 6.21 Å². The van der Waals surface area contributed by atoms with Crippen molar-refractivity contribution in [3.63, 3.8) is 0 Å². The van der Waals surface area contributed by atoms with Crippen LogP contribution in [0.4, 0.5) is 0 Å². The van der Waals surface area contributed by atoms with Crippen molar-refractivity contribution in [1.29, 1.82) is 0 Å². The van der Waals surface area contributed by atoms with Crippen LogP contribution in [-0.4, -0.2) is 18.7 Å². The van der Waals surface area contributed by atoms with Crippen LogP contribution >= 0.6 is 11.6 Å². The summed E-state index contributed by atoms with van der Waals surface area (Å²) in [7, 11) is 0. The number of hydrogen-bond donors (Lipinski definition) is 1. The predicted molar refractivity (Wildman–Crippen MR) is 88.5 cm³/mol. The standard InChI is InChI=1S/C17H17ClN2O2/c1-2-13-5-9-16(10-6-13)22-12-17(21)20-19-11-14-3-7-15(18)8-4-14/h3-11H,2,12H2,1H3,(H,20,21)/b19-11+. The molecule has 0 fully saturated rings. The van der Waals surface area contributed by atoms with E-state index in [1.54, 1.807) is 18.3 Å². The van der Waals surface area contributed by atoms with Crippen LogP contribution in [0.25, 0.3) is 0 Å². The van der Waals surface area contributed by atoms with Gasteiger partial charge in [0, 0.05) is 5.02 Å². The van der Waals surface area contributed by atoms with Crippen molar-refractivity contribution in [3.05, 3.63) is 64.7 Å². The van der Waals surface area contributed by atoms with E-state index in [1.807, 2.05) is 36.4 Å². The van der Waals surface area contributed by atoms with E-state index in [1.165, 1.54) is 5.56 Å². The van der Waals surface area contributed by atoms with Crippen molar-refractivity contribution in [2.24, 2.45) is 5.10 Å². The first-order chi connectivity index (χ1) is 10.7. The quantitative estimate of drug-likeness (QED) is 0.655. The lowest BCUT2D eigenvalue weighted by Crippen LogP contribution is -2.24. The molecule has 0 spiro atoms. The van der Waals surface area contributed by atoms with E-state index in [0.717, 1.165) is 12.0 Å². The third-order valence-corrected chi connectivity index (χ3v) is 3.23. The second kappa shape index (κ2) is 8.20. The number of halogens is 1. The minimum atomic E-state index is -0.315. The van der Waals surface area contributed by atoms with Crippen LogP contribution in [0.5, 0.6) is 5.75 Å². The van der Waals surface area contributed by atoms with Crippen molar-refractivity contribution < 1.29 is 9.53 Å². The summed E-state index contributed by atoms with van der Waals surface area (Å²) in [6.45, 7) is 2.01. The van der Waals surface area contributed by atoms with Gasteiger partial charge in [-0.05, 0) is 41.8 Å². The van der Waals surface area contributed by atoms with Crippen LogP contribution in [0.2, 0.25) is 5.02 Å². The summed E-state index contributed by atoms with van der Waals surface area (Å²) in [5.41, 5.74) is 4.49. The number of nitrogens with zero attached hydrogens (tertiary/aromatic N) is 1. The molecule has 5 heteroatoms. The van der Waals surface area contributed by atoms with Gasteiger partial charge in [0.15, 0.2) is 6.61 Å². The lowest BCUT2D eigenvalue weighted by molar-refractivity contribution is -0.123. The number of benzene rings is 2. The maximum absolute atomic E-state index is 11.6. The van der Waals surface area contributed by atoms with Crippen molar-refractivity contribution in [3.8, 4) is 5.75 Å². The van der Waals surface area contributed by atoms with E-state index in [2.05, 4.69) is 17.5 Å². The van der Waals surface area contributed by atoms with Gasteiger partial charge in [-0.3, -0.25) is 4.79 Å². The Hall–Kier alpha value is -2.33. The smallest absolute Gasteiger partial charge is 0.277 e. The summed E-state index contributed by atoms with van der Waals surface area (Å²) >= 11 is 5.78. The topological polar surface area (TPSA) is 50.7 Å². The summed E-state index contributed by atoms with van der Waals surface area (Å²) in [5, 5.41) is 4.52. The average Bonchev–Trinajstić information content (AvgIpc) is 2.55. The van der Waals surface area contributed by atoms with Crippen LogP contribution in [0.3, 0.4) is 0 Å². The number of nitrogens with one attached hydrogen (secondary N) is 1. The fraction of sp³-hybridized carbons (Fsp3) is 0.176. The number of hydrogen-bond acceptors (Lipinski definition) is 3. The third-order valence-electron chi connectivity index (χ3n) is 2.97. The molecule has 0 saturated heterocycles. The van der Waals surface area contributed by atoms with E-state index in [4.69, 9.17) is 16.3 Å². The number of hydrazone groups is 1. The van der Waals surface area contributed by atoms with E-state index in [-0.39, 0.29) is 12.5 Å². The van der Waals surface area contributed by atoms with Gasteiger partial charge >= 0.3 is 0 Å². The molecule has 2 aromatic rings. The van der Waals surface area contributed by atoms with Crippen LogP contribution in [0.15, 0.2) is 53.6 Å². The van der Waals surface area contributed by atoms with Crippen LogP contribution in [0, 0.1) is 0 Å². The molecule has 2 aromatic carbocycles. The van der Waals surface area contributed by atoms with E-state index in [0.29, 0.717) is 10.8 Å². The fourth-order valence-corrected chi connectivity index (χ4v) is 1.86. The normalized spacial score (nSPS) is 10.6. The zero-order valence-corrected chi connectivity index (χ0v) is 13.0. The molecular weight excluding hydrogens is 300 g/mol. The van der Waals surface area contributed by atoms with Gasteiger partial charge < -0.3 is 4.74 Å². The molecule has 0 heterocycles. The lowest BCUT2D eigenvalue weighted by Gasteiger charge is -2.05. The highest BCUT2D eigenvalue weighted by atomic mass is 35.5. The average molecular weight is 317 g/mol. The second-order valence-corrected chi connectivity index (χ2v) is 5.07. The van der Waals surface area contributed by atoms with Crippen molar-refractivity contribution in [2.45, 2.75) is 13.3 Å². The summed E-state index contributed by atoms with van der Waals surface area (Å²) in [4.78, 5) is 11.6. The van der Waals surface area contributed by atoms with Gasteiger partial charge in [-0.15, -0.1) is 0 Å². The third kappa shape index (κ3) is 5.22. The number of ether oxygens (including phenoxy) is 1. The maximum Gasteiger partial charge on any atom is 0.277 e. The van der Waals surface area contributed by atoms with Crippen molar-refractivity contribution >= 4 is 23.7 Å². The molecule has 1 amide bonds. The second-order valence-electron chi connectivity index (χ2n) is 4.63. The molecule has 0 saturated carbocycles. The SMILES string of the molecule is CCc1ccc(OCC(=O)N/N=C/c2ccc(Cl)cc2)cc1. The Bertz CT molecular complexity index is 637. The summed E-state index contributed by atoms with van der Waals surface area (Å²) in [6.07, 6.45) is 2.52. The van der Waals surface area contributed by atoms with Gasteiger partial charge in [-0.1, -0.05) is 42.8 Å². The molecule has 2 rings (SSSR count). The van der Waals surface area contributed by atoms with Gasteiger partial charge in [0.1, 0.15) is 5.75 Å². The Kier molecular flexibility index (Phi) is 5.98.